The largest absolute Gasteiger partial charge is 0.374 e. The highest BCUT2D eigenvalue weighted by molar-refractivity contribution is 5.60. The van der Waals surface area contributed by atoms with E-state index in [0.29, 0.717) is 0 Å². The van der Waals surface area contributed by atoms with Gasteiger partial charge in [0.25, 0.3) is 0 Å². The van der Waals surface area contributed by atoms with E-state index >= 15 is 0 Å². The Morgan fingerprint density at radius 2 is 2.21 bits per heavy atom. The zero-order valence-corrected chi connectivity index (χ0v) is 8.67. The van der Waals surface area contributed by atoms with Crippen molar-refractivity contribution in [1.29, 1.82) is 5.26 Å². The van der Waals surface area contributed by atoms with Gasteiger partial charge >= 0.3 is 0 Å². The monoisotopic (exact) mass is 186 g/mol. The van der Waals surface area contributed by atoms with Crippen molar-refractivity contribution in [1.82, 2.24) is 0 Å². The molecule has 0 bridgehead atoms. The van der Waals surface area contributed by atoms with Gasteiger partial charge < -0.3 is 4.90 Å². The van der Waals surface area contributed by atoms with Crippen LogP contribution in [-0.2, 0) is 6.42 Å². The summed E-state index contributed by atoms with van der Waals surface area (Å²) >= 11 is 0. The lowest BCUT2D eigenvalue weighted by Gasteiger charge is -2.28. The Morgan fingerprint density at radius 3 is 2.93 bits per heavy atom. The molecule has 0 amide bonds. The third kappa shape index (κ3) is 1.35. The minimum atomic E-state index is 0.803. The van der Waals surface area contributed by atoms with Crippen LogP contribution in [0.4, 0.5) is 5.69 Å². The van der Waals surface area contributed by atoms with Crippen LogP contribution in [0.1, 0.15) is 23.1 Å². The average Bonchev–Trinajstić information content (AvgIpc) is 2.17. The molecule has 2 nitrogen and oxygen atoms in total. The number of benzene rings is 1. The summed E-state index contributed by atoms with van der Waals surface area (Å²) in [7, 11) is 2.09. The van der Waals surface area contributed by atoms with Gasteiger partial charge in [-0.1, -0.05) is 6.07 Å². The fourth-order valence-electron chi connectivity index (χ4n) is 2.06. The van der Waals surface area contributed by atoms with Gasteiger partial charge in [-0.15, -0.1) is 0 Å². The molecule has 0 saturated carbocycles. The third-order valence-electron chi connectivity index (χ3n) is 2.90. The molecule has 1 aliphatic rings. The lowest BCUT2D eigenvalue weighted by molar-refractivity contribution is 0.743. The molecule has 0 radical (unpaired) electrons. The van der Waals surface area contributed by atoms with E-state index < -0.39 is 0 Å². The number of nitrogens with zero attached hydrogens (tertiary/aromatic N) is 2. The lowest BCUT2D eigenvalue weighted by atomic mass is 9.97. The molecule has 72 valence electrons. The fourth-order valence-corrected chi connectivity index (χ4v) is 2.06. The lowest BCUT2D eigenvalue weighted by Crippen LogP contribution is -2.24. The van der Waals surface area contributed by atoms with E-state index in [2.05, 4.69) is 24.1 Å². The molecule has 2 heteroatoms. The number of aryl methyl sites for hydroxylation is 2. The Morgan fingerprint density at radius 1 is 1.43 bits per heavy atom. The van der Waals surface area contributed by atoms with Crippen molar-refractivity contribution in [3.63, 3.8) is 0 Å². The van der Waals surface area contributed by atoms with Gasteiger partial charge in [0, 0.05) is 19.3 Å². The van der Waals surface area contributed by atoms with Gasteiger partial charge in [0.05, 0.1) is 11.6 Å². The molecule has 0 aromatic heterocycles. The summed E-state index contributed by atoms with van der Waals surface area (Å²) in [6.45, 7) is 3.11. The van der Waals surface area contributed by atoms with Crippen LogP contribution in [0.25, 0.3) is 0 Å². The predicted molar refractivity (Wildman–Crippen MR) is 57.5 cm³/mol. The number of nitriles is 1. The first-order valence-corrected chi connectivity index (χ1v) is 4.97. The highest BCUT2D eigenvalue weighted by Crippen LogP contribution is 2.28. The molecule has 1 aromatic rings. The van der Waals surface area contributed by atoms with Crippen LogP contribution in [0, 0.1) is 18.3 Å². The normalized spacial score (nSPS) is 14.8. The summed E-state index contributed by atoms with van der Waals surface area (Å²) in [6, 6.07) is 6.41. The van der Waals surface area contributed by atoms with Crippen LogP contribution in [0.3, 0.4) is 0 Å². The highest BCUT2D eigenvalue weighted by Gasteiger charge is 2.15. The highest BCUT2D eigenvalue weighted by atomic mass is 15.1. The minimum absolute atomic E-state index is 0.803. The van der Waals surface area contributed by atoms with Crippen molar-refractivity contribution in [2.75, 3.05) is 18.5 Å². The summed E-state index contributed by atoms with van der Waals surface area (Å²) in [5.74, 6) is 0. The molecule has 14 heavy (non-hydrogen) atoms. The Balaban J connectivity index is 2.56. The molecule has 0 fully saturated rings. The van der Waals surface area contributed by atoms with Crippen molar-refractivity contribution in [3.05, 3.63) is 28.8 Å². The molecule has 0 aliphatic carbocycles. The molecular formula is C12H14N2. The second-order valence-electron chi connectivity index (χ2n) is 3.93. The van der Waals surface area contributed by atoms with Gasteiger partial charge in [0.1, 0.15) is 0 Å². The first-order chi connectivity index (χ1) is 6.72. The van der Waals surface area contributed by atoms with Crippen LogP contribution in [0.15, 0.2) is 12.1 Å². The van der Waals surface area contributed by atoms with Gasteiger partial charge in [-0.3, -0.25) is 0 Å². The number of rotatable bonds is 0. The van der Waals surface area contributed by atoms with Crippen LogP contribution < -0.4 is 4.90 Å². The van der Waals surface area contributed by atoms with Crippen LogP contribution in [0.2, 0.25) is 0 Å². The molecule has 0 spiro atoms. The zero-order chi connectivity index (χ0) is 10.1. The molecule has 0 unspecified atom stereocenters. The quantitative estimate of drug-likeness (QED) is 0.621. The number of fused-ring (bicyclic) bond motifs is 1. The van der Waals surface area contributed by atoms with Crippen LogP contribution in [0.5, 0.6) is 0 Å². The van der Waals surface area contributed by atoms with E-state index in [1.807, 2.05) is 13.0 Å². The molecule has 0 saturated heterocycles. The van der Waals surface area contributed by atoms with Gasteiger partial charge in [0.2, 0.25) is 0 Å². The topological polar surface area (TPSA) is 27.0 Å². The number of hydrogen-bond acceptors (Lipinski definition) is 2. The van der Waals surface area contributed by atoms with Crippen molar-refractivity contribution < 1.29 is 0 Å². The van der Waals surface area contributed by atoms with Crippen LogP contribution >= 0.6 is 0 Å². The number of hydrogen-bond donors (Lipinski definition) is 0. The van der Waals surface area contributed by atoms with Crippen molar-refractivity contribution in [2.24, 2.45) is 0 Å². The summed E-state index contributed by atoms with van der Waals surface area (Å²) in [6.07, 6.45) is 2.36. The Hall–Kier alpha value is -1.49. The summed E-state index contributed by atoms with van der Waals surface area (Å²) < 4.78 is 0. The SMILES string of the molecule is Cc1cc2c(cc1C#N)N(C)CCC2. The van der Waals surface area contributed by atoms with E-state index in [4.69, 9.17) is 5.26 Å². The second kappa shape index (κ2) is 3.34. The maximum absolute atomic E-state index is 8.94. The van der Waals surface area contributed by atoms with Gasteiger partial charge in [-0.25, -0.2) is 0 Å². The first kappa shape index (κ1) is 9.08. The van der Waals surface area contributed by atoms with Crippen molar-refractivity contribution in [2.45, 2.75) is 19.8 Å². The summed E-state index contributed by atoms with van der Waals surface area (Å²) in [5.41, 5.74) is 4.52. The Kier molecular flexibility index (Phi) is 2.17. The summed E-state index contributed by atoms with van der Waals surface area (Å²) in [5, 5.41) is 8.94. The molecular weight excluding hydrogens is 172 g/mol. The van der Waals surface area contributed by atoms with Crippen LogP contribution in [-0.4, -0.2) is 13.6 Å². The van der Waals surface area contributed by atoms with Crippen molar-refractivity contribution >= 4 is 5.69 Å². The minimum Gasteiger partial charge on any atom is -0.374 e. The van der Waals surface area contributed by atoms with E-state index in [1.54, 1.807) is 0 Å². The van der Waals surface area contributed by atoms with E-state index in [9.17, 15) is 0 Å². The standard InChI is InChI=1S/C12H14N2/c1-9-6-10-4-3-5-14(2)12(10)7-11(9)8-13/h6-7H,3-5H2,1-2H3. The van der Waals surface area contributed by atoms with E-state index in [-0.39, 0.29) is 0 Å². The Labute approximate surface area is 84.8 Å². The molecule has 1 aliphatic heterocycles. The van der Waals surface area contributed by atoms with Gasteiger partial charge in [0.15, 0.2) is 0 Å². The molecule has 2 rings (SSSR count). The maximum Gasteiger partial charge on any atom is 0.0995 e. The molecule has 1 heterocycles. The molecule has 0 N–H and O–H groups in total. The summed E-state index contributed by atoms with van der Waals surface area (Å²) in [4.78, 5) is 2.24. The first-order valence-electron chi connectivity index (χ1n) is 4.97. The smallest absolute Gasteiger partial charge is 0.0995 e. The van der Waals surface area contributed by atoms with E-state index in [1.165, 1.54) is 17.7 Å². The van der Waals surface area contributed by atoms with E-state index in [0.717, 1.165) is 24.1 Å². The zero-order valence-electron chi connectivity index (χ0n) is 8.67. The van der Waals surface area contributed by atoms with Crippen molar-refractivity contribution in [3.8, 4) is 6.07 Å². The molecule has 1 aromatic carbocycles. The molecule has 0 atom stereocenters. The second-order valence-corrected chi connectivity index (χ2v) is 3.93. The third-order valence-corrected chi connectivity index (χ3v) is 2.90. The van der Waals surface area contributed by atoms with Gasteiger partial charge in [-0.2, -0.15) is 5.26 Å². The maximum atomic E-state index is 8.94. The Bertz CT molecular complexity index is 402. The van der Waals surface area contributed by atoms with Gasteiger partial charge in [-0.05, 0) is 37.0 Å². The number of anilines is 1. The average molecular weight is 186 g/mol. The predicted octanol–water partition coefficient (Wildman–Crippen LogP) is 2.25. The fraction of sp³-hybridized carbons (Fsp3) is 0.417.